The maximum Gasteiger partial charge on any atom is 0.240 e. The van der Waals surface area contributed by atoms with Gasteiger partial charge in [-0.05, 0) is 41.1 Å². The Balaban J connectivity index is 2.80. The Bertz CT molecular complexity index is 366. The highest BCUT2D eigenvalue weighted by Crippen LogP contribution is 2.27. The lowest BCUT2D eigenvalue weighted by Crippen LogP contribution is -2.32. The quantitative estimate of drug-likeness (QED) is 0.881. The molecule has 4 nitrogen and oxygen atoms in total. The van der Waals surface area contributed by atoms with Crippen molar-refractivity contribution >= 4 is 27.5 Å². The molecule has 0 saturated carbocycles. The summed E-state index contributed by atoms with van der Waals surface area (Å²) in [7, 11) is 1.58. The average Bonchev–Trinajstić information content (AvgIpc) is 2.18. The van der Waals surface area contributed by atoms with Crippen LogP contribution in [0.15, 0.2) is 22.7 Å². The van der Waals surface area contributed by atoms with E-state index in [1.807, 2.05) is 0 Å². The molecular formula is C10H13BrN2O2. The summed E-state index contributed by atoms with van der Waals surface area (Å²) < 4.78 is 5.85. The monoisotopic (exact) mass is 272 g/mol. The Kier molecular flexibility index (Phi) is 4.11. The molecule has 0 fully saturated rings. The SMILES string of the molecule is COc1ccc(NC(=O)C(C)N)cc1Br. The first-order chi connectivity index (χ1) is 7.04. The molecule has 0 heterocycles. The largest absolute Gasteiger partial charge is 0.496 e. The third kappa shape index (κ3) is 3.21. The van der Waals surface area contributed by atoms with Gasteiger partial charge in [-0.1, -0.05) is 0 Å². The fraction of sp³-hybridized carbons (Fsp3) is 0.300. The van der Waals surface area contributed by atoms with E-state index in [0.29, 0.717) is 11.4 Å². The van der Waals surface area contributed by atoms with Crippen molar-refractivity contribution in [3.63, 3.8) is 0 Å². The highest BCUT2D eigenvalue weighted by atomic mass is 79.9. The fourth-order valence-corrected chi connectivity index (χ4v) is 1.54. The van der Waals surface area contributed by atoms with Crippen molar-refractivity contribution in [2.24, 2.45) is 5.73 Å². The molecule has 0 aliphatic carbocycles. The molecule has 0 spiro atoms. The van der Waals surface area contributed by atoms with E-state index < -0.39 is 6.04 Å². The molecule has 0 saturated heterocycles. The van der Waals surface area contributed by atoms with Crippen LogP contribution >= 0.6 is 15.9 Å². The van der Waals surface area contributed by atoms with Gasteiger partial charge < -0.3 is 15.8 Å². The molecule has 0 radical (unpaired) electrons. The van der Waals surface area contributed by atoms with Gasteiger partial charge in [-0.2, -0.15) is 0 Å². The number of ether oxygens (including phenoxy) is 1. The second-order valence-corrected chi connectivity index (χ2v) is 3.98. The van der Waals surface area contributed by atoms with E-state index in [1.54, 1.807) is 32.2 Å². The molecule has 3 N–H and O–H groups in total. The van der Waals surface area contributed by atoms with E-state index in [-0.39, 0.29) is 5.91 Å². The van der Waals surface area contributed by atoms with Crippen LogP contribution in [0.2, 0.25) is 0 Å². The van der Waals surface area contributed by atoms with Crippen LogP contribution in [0.3, 0.4) is 0 Å². The molecule has 1 aromatic rings. The van der Waals surface area contributed by atoms with Gasteiger partial charge in [-0.3, -0.25) is 4.79 Å². The van der Waals surface area contributed by atoms with Crippen LogP contribution in [-0.2, 0) is 4.79 Å². The van der Waals surface area contributed by atoms with Crippen LogP contribution in [-0.4, -0.2) is 19.1 Å². The normalized spacial score (nSPS) is 12.0. The number of anilines is 1. The zero-order valence-electron chi connectivity index (χ0n) is 8.58. The molecular weight excluding hydrogens is 260 g/mol. The van der Waals surface area contributed by atoms with E-state index in [9.17, 15) is 4.79 Å². The van der Waals surface area contributed by atoms with Gasteiger partial charge in [0, 0.05) is 5.69 Å². The zero-order valence-corrected chi connectivity index (χ0v) is 10.2. The molecule has 82 valence electrons. The van der Waals surface area contributed by atoms with Crippen LogP contribution in [0.25, 0.3) is 0 Å². The lowest BCUT2D eigenvalue weighted by molar-refractivity contribution is -0.117. The molecule has 1 rings (SSSR count). The summed E-state index contributed by atoms with van der Waals surface area (Å²) in [5, 5.41) is 2.68. The number of methoxy groups -OCH3 is 1. The molecule has 5 heteroatoms. The topological polar surface area (TPSA) is 64.3 Å². The zero-order chi connectivity index (χ0) is 11.4. The molecule has 1 atom stereocenters. The molecule has 0 bridgehead atoms. The van der Waals surface area contributed by atoms with Crippen LogP contribution in [0.1, 0.15) is 6.92 Å². The predicted octanol–water partition coefficient (Wildman–Crippen LogP) is 1.74. The van der Waals surface area contributed by atoms with Crippen LogP contribution in [0, 0.1) is 0 Å². The maximum atomic E-state index is 11.3. The molecule has 1 unspecified atom stereocenters. The number of carbonyl (C=O) groups is 1. The molecule has 1 aromatic carbocycles. The number of hydrogen-bond acceptors (Lipinski definition) is 3. The van der Waals surface area contributed by atoms with Crippen molar-refractivity contribution < 1.29 is 9.53 Å². The lowest BCUT2D eigenvalue weighted by Gasteiger charge is -2.09. The Morgan fingerprint density at radius 1 is 1.60 bits per heavy atom. The van der Waals surface area contributed by atoms with Crippen molar-refractivity contribution in [2.75, 3.05) is 12.4 Å². The number of rotatable bonds is 3. The molecule has 15 heavy (non-hydrogen) atoms. The van der Waals surface area contributed by atoms with Crippen LogP contribution in [0.5, 0.6) is 5.75 Å². The summed E-state index contributed by atoms with van der Waals surface area (Å²) in [5.41, 5.74) is 6.11. The second kappa shape index (κ2) is 5.14. The molecule has 1 amide bonds. The fourth-order valence-electron chi connectivity index (χ4n) is 1.00. The third-order valence-electron chi connectivity index (χ3n) is 1.83. The van der Waals surface area contributed by atoms with Gasteiger partial charge in [0.1, 0.15) is 5.75 Å². The van der Waals surface area contributed by atoms with E-state index in [2.05, 4.69) is 21.2 Å². The first-order valence-electron chi connectivity index (χ1n) is 4.44. The van der Waals surface area contributed by atoms with Gasteiger partial charge in [0.2, 0.25) is 5.91 Å². The van der Waals surface area contributed by atoms with Gasteiger partial charge >= 0.3 is 0 Å². The Hall–Kier alpha value is -1.07. The second-order valence-electron chi connectivity index (χ2n) is 3.13. The summed E-state index contributed by atoms with van der Waals surface area (Å²) in [5.74, 6) is 0.501. The summed E-state index contributed by atoms with van der Waals surface area (Å²) in [4.78, 5) is 11.3. The number of nitrogens with one attached hydrogen (secondary N) is 1. The number of nitrogens with two attached hydrogens (primary N) is 1. The predicted molar refractivity (Wildman–Crippen MR) is 63.0 cm³/mol. The minimum atomic E-state index is -0.522. The minimum Gasteiger partial charge on any atom is -0.496 e. The number of benzene rings is 1. The molecule has 0 aromatic heterocycles. The molecule has 0 aliphatic heterocycles. The highest BCUT2D eigenvalue weighted by molar-refractivity contribution is 9.10. The summed E-state index contributed by atoms with van der Waals surface area (Å²) in [6, 6.07) is 4.76. The standard InChI is InChI=1S/C10H13BrN2O2/c1-6(12)10(14)13-7-3-4-9(15-2)8(11)5-7/h3-6H,12H2,1-2H3,(H,13,14). The summed E-state index contributed by atoms with van der Waals surface area (Å²) in [6.07, 6.45) is 0. The van der Waals surface area contributed by atoms with Crippen molar-refractivity contribution in [1.29, 1.82) is 0 Å². The van der Waals surface area contributed by atoms with E-state index >= 15 is 0 Å². The number of carbonyl (C=O) groups excluding carboxylic acids is 1. The number of hydrogen-bond donors (Lipinski definition) is 2. The van der Waals surface area contributed by atoms with Gasteiger partial charge in [0.15, 0.2) is 0 Å². The van der Waals surface area contributed by atoms with Crippen molar-refractivity contribution in [3.05, 3.63) is 22.7 Å². The first-order valence-corrected chi connectivity index (χ1v) is 5.24. The lowest BCUT2D eigenvalue weighted by atomic mass is 10.2. The first kappa shape index (κ1) is 12.0. The Morgan fingerprint density at radius 3 is 2.73 bits per heavy atom. The summed E-state index contributed by atoms with van der Waals surface area (Å²) >= 11 is 3.33. The van der Waals surface area contributed by atoms with Crippen molar-refractivity contribution in [1.82, 2.24) is 0 Å². The van der Waals surface area contributed by atoms with Gasteiger partial charge in [-0.25, -0.2) is 0 Å². The smallest absolute Gasteiger partial charge is 0.240 e. The third-order valence-corrected chi connectivity index (χ3v) is 2.45. The van der Waals surface area contributed by atoms with Gasteiger partial charge in [0.25, 0.3) is 0 Å². The Labute approximate surface area is 96.9 Å². The number of amides is 1. The van der Waals surface area contributed by atoms with Crippen molar-refractivity contribution in [2.45, 2.75) is 13.0 Å². The number of halogens is 1. The van der Waals surface area contributed by atoms with E-state index in [4.69, 9.17) is 10.5 Å². The van der Waals surface area contributed by atoms with Crippen molar-refractivity contribution in [3.8, 4) is 5.75 Å². The van der Waals surface area contributed by atoms with E-state index in [0.717, 1.165) is 4.47 Å². The van der Waals surface area contributed by atoms with Crippen LogP contribution in [0.4, 0.5) is 5.69 Å². The van der Waals surface area contributed by atoms with Gasteiger partial charge in [0.05, 0.1) is 17.6 Å². The van der Waals surface area contributed by atoms with Gasteiger partial charge in [-0.15, -0.1) is 0 Å². The Morgan fingerprint density at radius 2 is 2.27 bits per heavy atom. The average molecular weight is 273 g/mol. The summed E-state index contributed by atoms with van der Waals surface area (Å²) in [6.45, 7) is 1.63. The van der Waals surface area contributed by atoms with E-state index in [1.165, 1.54) is 0 Å². The van der Waals surface area contributed by atoms with Crippen LogP contribution < -0.4 is 15.8 Å². The highest BCUT2D eigenvalue weighted by Gasteiger charge is 2.08. The maximum absolute atomic E-state index is 11.3. The minimum absolute atomic E-state index is 0.216. The molecule has 0 aliphatic rings.